The number of carbonyl (C=O) groups excluding carboxylic acids is 1. The molecule has 0 saturated carbocycles. The molecule has 0 radical (unpaired) electrons. The number of para-hydroxylation sites is 1. The minimum absolute atomic E-state index is 0.0319. The lowest BCUT2D eigenvalue weighted by atomic mass is 10.0. The summed E-state index contributed by atoms with van der Waals surface area (Å²) in [4.78, 5) is 20.4. The highest BCUT2D eigenvalue weighted by Crippen LogP contribution is 2.26. The van der Waals surface area contributed by atoms with Crippen molar-refractivity contribution in [2.45, 2.75) is 26.1 Å². The molecule has 0 fully saturated rings. The van der Waals surface area contributed by atoms with Gasteiger partial charge < -0.3 is 9.88 Å². The van der Waals surface area contributed by atoms with Crippen molar-refractivity contribution in [3.63, 3.8) is 0 Å². The normalized spacial score (nSPS) is 14.0. The van der Waals surface area contributed by atoms with Crippen LogP contribution in [0.25, 0.3) is 10.9 Å². The standard InChI is InChI=1S/C25H27N5O/c1-28(2)25(31)24-21-17-29(16-20-14-19-10-6-7-11-22(19)26-20)13-12-23(21)30(27-24)15-18-8-4-3-5-9-18/h3-11,14,26H,12-13,15-17H2,1-2H3. The molecule has 0 unspecified atom stereocenters. The highest BCUT2D eigenvalue weighted by Gasteiger charge is 2.29. The zero-order valence-corrected chi connectivity index (χ0v) is 18.0. The molecule has 5 rings (SSSR count). The summed E-state index contributed by atoms with van der Waals surface area (Å²) in [5.74, 6) is -0.0319. The van der Waals surface area contributed by atoms with Gasteiger partial charge in [0.15, 0.2) is 5.69 Å². The number of rotatable bonds is 5. The van der Waals surface area contributed by atoms with E-state index in [0.29, 0.717) is 12.2 Å². The maximum atomic E-state index is 12.9. The second-order valence-corrected chi connectivity index (χ2v) is 8.46. The van der Waals surface area contributed by atoms with Crippen LogP contribution >= 0.6 is 0 Å². The van der Waals surface area contributed by atoms with Gasteiger partial charge in [0.05, 0.1) is 6.54 Å². The van der Waals surface area contributed by atoms with Crippen LogP contribution in [0.2, 0.25) is 0 Å². The third-order valence-electron chi connectivity index (χ3n) is 5.98. The quantitative estimate of drug-likeness (QED) is 0.543. The van der Waals surface area contributed by atoms with Gasteiger partial charge in [-0.3, -0.25) is 14.4 Å². The average Bonchev–Trinajstić information content (AvgIpc) is 3.34. The first-order valence-electron chi connectivity index (χ1n) is 10.7. The molecule has 1 amide bonds. The van der Waals surface area contributed by atoms with Gasteiger partial charge in [0, 0.05) is 62.6 Å². The summed E-state index contributed by atoms with van der Waals surface area (Å²) in [7, 11) is 3.58. The number of nitrogens with one attached hydrogen (secondary N) is 1. The Hall–Kier alpha value is -3.38. The van der Waals surface area contributed by atoms with E-state index in [1.165, 1.54) is 22.3 Å². The highest BCUT2D eigenvalue weighted by atomic mass is 16.2. The number of carbonyl (C=O) groups is 1. The molecule has 6 nitrogen and oxygen atoms in total. The molecule has 0 saturated heterocycles. The fraction of sp³-hybridized carbons (Fsp3) is 0.280. The molecule has 3 heterocycles. The van der Waals surface area contributed by atoms with Crippen molar-refractivity contribution in [1.82, 2.24) is 24.6 Å². The zero-order chi connectivity index (χ0) is 21.4. The monoisotopic (exact) mass is 413 g/mol. The van der Waals surface area contributed by atoms with Gasteiger partial charge in [-0.1, -0.05) is 48.5 Å². The van der Waals surface area contributed by atoms with E-state index in [0.717, 1.165) is 37.1 Å². The van der Waals surface area contributed by atoms with Gasteiger partial charge in [-0.15, -0.1) is 0 Å². The molecule has 31 heavy (non-hydrogen) atoms. The third-order valence-corrected chi connectivity index (χ3v) is 5.98. The van der Waals surface area contributed by atoms with Crippen molar-refractivity contribution in [2.75, 3.05) is 20.6 Å². The van der Waals surface area contributed by atoms with Gasteiger partial charge in [-0.2, -0.15) is 5.10 Å². The van der Waals surface area contributed by atoms with E-state index in [9.17, 15) is 4.79 Å². The number of fused-ring (bicyclic) bond motifs is 2. The third kappa shape index (κ3) is 3.86. The van der Waals surface area contributed by atoms with Crippen molar-refractivity contribution < 1.29 is 4.79 Å². The van der Waals surface area contributed by atoms with Crippen molar-refractivity contribution in [3.8, 4) is 0 Å². The average molecular weight is 414 g/mol. The molecule has 2 aromatic carbocycles. The number of hydrogen-bond donors (Lipinski definition) is 1. The Morgan fingerprint density at radius 1 is 1.06 bits per heavy atom. The Kier molecular flexibility index (Phi) is 5.08. The molecule has 6 heteroatoms. The molecule has 2 aromatic heterocycles. The summed E-state index contributed by atoms with van der Waals surface area (Å²) in [6.07, 6.45) is 0.885. The lowest BCUT2D eigenvalue weighted by molar-refractivity contribution is 0.0818. The van der Waals surface area contributed by atoms with Crippen molar-refractivity contribution in [1.29, 1.82) is 0 Å². The van der Waals surface area contributed by atoms with Crippen LogP contribution in [0.3, 0.4) is 0 Å². The Balaban J connectivity index is 1.43. The molecular formula is C25H27N5O. The van der Waals surface area contributed by atoms with Crippen LogP contribution in [0.1, 0.15) is 33.0 Å². The molecule has 0 aliphatic carbocycles. The fourth-order valence-electron chi connectivity index (χ4n) is 4.41. The van der Waals surface area contributed by atoms with Gasteiger partial charge >= 0.3 is 0 Å². The van der Waals surface area contributed by atoms with E-state index < -0.39 is 0 Å². The van der Waals surface area contributed by atoms with Crippen LogP contribution in [-0.4, -0.2) is 51.1 Å². The predicted molar refractivity (Wildman–Crippen MR) is 122 cm³/mol. The van der Waals surface area contributed by atoms with E-state index in [1.807, 2.05) is 22.9 Å². The fourth-order valence-corrected chi connectivity index (χ4v) is 4.41. The molecular weight excluding hydrogens is 386 g/mol. The lowest BCUT2D eigenvalue weighted by Crippen LogP contribution is -2.32. The minimum atomic E-state index is -0.0319. The molecule has 0 spiro atoms. The number of hydrogen-bond acceptors (Lipinski definition) is 3. The van der Waals surface area contributed by atoms with Crippen LogP contribution in [-0.2, 0) is 26.1 Å². The molecule has 1 aliphatic rings. The van der Waals surface area contributed by atoms with Crippen LogP contribution < -0.4 is 0 Å². The van der Waals surface area contributed by atoms with E-state index >= 15 is 0 Å². The summed E-state index contributed by atoms with van der Waals surface area (Å²) in [6, 6.07) is 20.9. The van der Waals surface area contributed by atoms with Crippen molar-refractivity contribution in [2.24, 2.45) is 0 Å². The Labute approximate surface area is 182 Å². The second-order valence-electron chi connectivity index (χ2n) is 8.46. The number of benzene rings is 2. The SMILES string of the molecule is CN(C)C(=O)c1nn(Cc2ccccc2)c2c1CN(Cc1cc3ccccc3[nH]1)CC2. The molecule has 0 bridgehead atoms. The van der Waals surface area contributed by atoms with Crippen LogP contribution in [0, 0.1) is 0 Å². The largest absolute Gasteiger partial charge is 0.357 e. The van der Waals surface area contributed by atoms with Crippen molar-refractivity contribution in [3.05, 3.63) is 88.9 Å². The topological polar surface area (TPSA) is 57.2 Å². The first kappa shape index (κ1) is 19.6. The van der Waals surface area contributed by atoms with Crippen LogP contribution in [0.4, 0.5) is 0 Å². The molecule has 1 aliphatic heterocycles. The molecule has 158 valence electrons. The van der Waals surface area contributed by atoms with Gasteiger partial charge in [-0.25, -0.2) is 0 Å². The van der Waals surface area contributed by atoms with Crippen molar-refractivity contribution >= 4 is 16.8 Å². The number of nitrogens with zero attached hydrogens (tertiary/aromatic N) is 4. The molecule has 1 N–H and O–H groups in total. The maximum Gasteiger partial charge on any atom is 0.274 e. The van der Waals surface area contributed by atoms with E-state index in [4.69, 9.17) is 5.10 Å². The van der Waals surface area contributed by atoms with Gasteiger partial charge in [-0.05, 0) is 23.1 Å². The number of aromatic amines is 1. The summed E-state index contributed by atoms with van der Waals surface area (Å²) in [5.41, 5.74) is 6.38. The van der Waals surface area contributed by atoms with E-state index in [-0.39, 0.29) is 5.91 Å². The summed E-state index contributed by atoms with van der Waals surface area (Å²) in [6.45, 7) is 3.19. The van der Waals surface area contributed by atoms with Gasteiger partial charge in [0.1, 0.15) is 0 Å². The first-order chi connectivity index (χ1) is 15.1. The second kappa shape index (κ2) is 8.04. The molecule has 0 atom stereocenters. The van der Waals surface area contributed by atoms with Crippen LogP contribution in [0.5, 0.6) is 0 Å². The Morgan fingerprint density at radius 3 is 2.61 bits per heavy atom. The van der Waals surface area contributed by atoms with Crippen LogP contribution in [0.15, 0.2) is 60.7 Å². The Bertz CT molecular complexity index is 1190. The zero-order valence-electron chi connectivity index (χ0n) is 18.0. The summed E-state index contributed by atoms with van der Waals surface area (Å²) >= 11 is 0. The molecule has 4 aromatic rings. The predicted octanol–water partition coefficient (Wildman–Crippen LogP) is 3.67. The minimum Gasteiger partial charge on any atom is -0.357 e. The van der Waals surface area contributed by atoms with Gasteiger partial charge in [0.25, 0.3) is 5.91 Å². The summed E-state index contributed by atoms with van der Waals surface area (Å²) < 4.78 is 2.03. The number of aromatic nitrogens is 3. The Morgan fingerprint density at radius 2 is 1.84 bits per heavy atom. The first-order valence-corrected chi connectivity index (χ1v) is 10.7. The number of amides is 1. The number of H-pyrrole nitrogens is 1. The van der Waals surface area contributed by atoms with E-state index in [2.05, 4.69) is 52.3 Å². The maximum absolute atomic E-state index is 12.9. The smallest absolute Gasteiger partial charge is 0.274 e. The highest BCUT2D eigenvalue weighted by molar-refractivity contribution is 5.93. The van der Waals surface area contributed by atoms with E-state index in [1.54, 1.807) is 19.0 Å². The lowest BCUT2D eigenvalue weighted by Gasteiger charge is -2.27. The summed E-state index contributed by atoms with van der Waals surface area (Å²) in [5, 5.41) is 6.01. The van der Waals surface area contributed by atoms with Gasteiger partial charge in [0.2, 0.25) is 0 Å².